The highest BCUT2D eigenvalue weighted by Gasteiger charge is 2.39. The number of hydrogen-bond donors (Lipinski definition) is 2. The number of aromatic nitrogens is 2. The number of benzene rings is 1. The van der Waals surface area contributed by atoms with Crippen molar-refractivity contribution in [2.24, 2.45) is 0 Å². The molecule has 2 aliphatic rings. The number of nitrogens with zero attached hydrogens (tertiary/aromatic N) is 2. The molecule has 9 heteroatoms. The van der Waals surface area contributed by atoms with E-state index in [9.17, 15) is 13.6 Å². The number of amides is 1. The second kappa shape index (κ2) is 8.19. The molecule has 1 saturated heterocycles. The van der Waals surface area contributed by atoms with E-state index >= 15 is 0 Å². The molecule has 0 spiro atoms. The summed E-state index contributed by atoms with van der Waals surface area (Å²) >= 11 is 1.54. The molecule has 1 fully saturated rings. The largest absolute Gasteiger partial charge is 0.444 e. The maximum absolute atomic E-state index is 14.5. The fraction of sp³-hybridized carbons (Fsp3) is 0.524. The Labute approximate surface area is 178 Å². The molecule has 2 aromatic rings. The van der Waals surface area contributed by atoms with Gasteiger partial charge >= 0.3 is 6.09 Å². The van der Waals surface area contributed by atoms with Crippen LogP contribution in [0.4, 0.5) is 13.6 Å². The molecule has 4 rings (SSSR count). The first-order valence-corrected chi connectivity index (χ1v) is 11.1. The second-order valence-corrected chi connectivity index (χ2v) is 10.0. The summed E-state index contributed by atoms with van der Waals surface area (Å²) in [5.41, 5.74) is 1.91. The van der Waals surface area contributed by atoms with Crippen molar-refractivity contribution in [3.63, 3.8) is 0 Å². The van der Waals surface area contributed by atoms with E-state index in [2.05, 4.69) is 20.4 Å². The molecule has 1 aromatic carbocycles. The highest BCUT2D eigenvalue weighted by Crippen LogP contribution is 2.42. The molecule has 30 heavy (non-hydrogen) atoms. The molecule has 1 amide bonds. The van der Waals surface area contributed by atoms with Gasteiger partial charge in [0.15, 0.2) is 0 Å². The van der Waals surface area contributed by atoms with Gasteiger partial charge in [0.1, 0.15) is 17.2 Å². The fourth-order valence-corrected chi connectivity index (χ4v) is 5.60. The van der Waals surface area contributed by atoms with Crippen molar-refractivity contribution in [1.29, 1.82) is 0 Å². The third-order valence-corrected chi connectivity index (χ3v) is 6.90. The summed E-state index contributed by atoms with van der Waals surface area (Å²) in [5, 5.41) is 9.62. The van der Waals surface area contributed by atoms with Crippen LogP contribution in [0.15, 0.2) is 24.4 Å². The molecule has 6 nitrogen and oxygen atoms in total. The summed E-state index contributed by atoms with van der Waals surface area (Å²) in [4.78, 5) is 14.8. The molecule has 1 aromatic heterocycles. The number of nitrogens with one attached hydrogen (secondary N) is 2. The van der Waals surface area contributed by atoms with Gasteiger partial charge in [-0.2, -0.15) is 5.10 Å². The van der Waals surface area contributed by atoms with E-state index in [-0.39, 0.29) is 11.6 Å². The first-order valence-electron chi connectivity index (χ1n) is 10.0. The van der Waals surface area contributed by atoms with E-state index in [1.165, 1.54) is 23.4 Å². The van der Waals surface area contributed by atoms with E-state index in [0.717, 1.165) is 36.7 Å². The van der Waals surface area contributed by atoms with E-state index in [4.69, 9.17) is 4.74 Å². The first-order chi connectivity index (χ1) is 14.2. The highest BCUT2D eigenvalue weighted by molar-refractivity contribution is 7.99. The average molecular weight is 437 g/mol. The minimum absolute atomic E-state index is 0.184. The summed E-state index contributed by atoms with van der Waals surface area (Å²) in [7, 11) is 0. The number of H-pyrrole nitrogens is 1. The first kappa shape index (κ1) is 21.1. The van der Waals surface area contributed by atoms with Crippen molar-refractivity contribution in [3.05, 3.63) is 52.9 Å². The van der Waals surface area contributed by atoms with Crippen LogP contribution in [-0.2, 0) is 17.8 Å². The lowest BCUT2D eigenvalue weighted by Crippen LogP contribution is -2.49. The molecule has 2 aliphatic heterocycles. The van der Waals surface area contributed by atoms with Gasteiger partial charge in [0.2, 0.25) is 0 Å². The molecule has 2 N–H and O–H groups in total. The predicted octanol–water partition coefficient (Wildman–Crippen LogP) is 4.14. The Morgan fingerprint density at radius 3 is 2.87 bits per heavy atom. The topological polar surface area (TPSA) is 70.2 Å². The second-order valence-electron chi connectivity index (χ2n) is 8.84. The molecule has 3 heterocycles. The van der Waals surface area contributed by atoms with Gasteiger partial charge in [-0.05, 0) is 45.4 Å². The maximum atomic E-state index is 14.5. The quantitative estimate of drug-likeness (QED) is 0.757. The van der Waals surface area contributed by atoms with Gasteiger partial charge in [-0.3, -0.25) is 10.00 Å². The summed E-state index contributed by atoms with van der Waals surface area (Å²) in [5.74, 6) is -0.202. The van der Waals surface area contributed by atoms with Gasteiger partial charge in [-0.15, -0.1) is 11.8 Å². The van der Waals surface area contributed by atoms with Crippen LogP contribution in [0, 0.1) is 11.6 Å². The van der Waals surface area contributed by atoms with Crippen molar-refractivity contribution in [3.8, 4) is 0 Å². The summed E-state index contributed by atoms with van der Waals surface area (Å²) < 4.78 is 33.8. The van der Waals surface area contributed by atoms with E-state index in [1.54, 1.807) is 20.8 Å². The zero-order valence-corrected chi connectivity index (χ0v) is 18.1. The van der Waals surface area contributed by atoms with Crippen molar-refractivity contribution in [1.82, 2.24) is 20.4 Å². The summed E-state index contributed by atoms with van der Waals surface area (Å²) in [6, 6.07) is 3.27. The number of carbonyl (C=O) groups is 1. The number of alkyl carbamates (subject to hydrolysis) is 1. The molecular formula is C21H26F2N4O2S. The molecule has 3 atom stereocenters. The Balaban J connectivity index is 1.53. The smallest absolute Gasteiger partial charge is 0.407 e. The summed E-state index contributed by atoms with van der Waals surface area (Å²) in [6.07, 6.45) is 1.91. The summed E-state index contributed by atoms with van der Waals surface area (Å²) in [6.45, 7) is 6.93. The lowest BCUT2D eigenvalue weighted by Gasteiger charge is -2.40. The van der Waals surface area contributed by atoms with Crippen molar-refractivity contribution >= 4 is 17.9 Å². The number of halogens is 2. The lowest BCUT2D eigenvalue weighted by molar-refractivity contribution is 0.0487. The number of aromatic amines is 1. The van der Waals surface area contributed by atoms with Gasteiger partial charge in [-0.1, -0.05) is 0 Å². The van der Waals surface area contributed by atoms with Crippen molar-refractivity contribution in [2.45, 2.75) is 63.2 Å². The standard InChI is InChI=1S/C21H26F2N4O2S/c1-21(2,3)29-20(28)25-17-7-14(27-9-12-8-24-26-18(12)10-27)11-30-19(17)15-6-13(22)4-5-16(15)23/h4-6,8,14,17,19H,7,9-11H2,1-3H3,(H,24,26)(H,25,28)/t14?,17-,19?/m0/s1. The van der Waals surface area contributed by atoms with Crippen molar-refractivity contribution < 1.29 is 18.3 Å². The SMILES string of the molecule is CC(C)(C)OC(=O)N[C@H]1CC(N2Cc3cn[nH]c3C2)CSC1c1cc(F)ccc1F. The van der Waals surface area contributed by atoms with Gasteiger partial charge in [-0.25, -0.2) is 13.6 Å². The van der Waals surface area contributed by atoms with Crippen LogP contribution in [0.25, 0.3) is 0 Å². The Bertz CT molecular complexity index is 909. The Morgan fingerprint density at radius 2 is 2.13 bits per heavy atom. The van der Waals surface area contributed by atoms with Gasteiger partial charge < -0.3 is 10.1 Å². The van der Waals surface area contributed by atoms with E-state index in [0.29, 0.717) is 6.42 Å². The van der Waals surface area contributed by atoms with Crippen LogP contribution in [0.3, 0.4) is 0 Å². The highest BCUT2D eigenvalue weighted by atomic mass is 32.2. The Kier molecular flexibility index (Phi) is 5.76. The van der Waals surface area contributed by atoms with Crippen LogP contribution >= 0.6 is 11.8 Å². The Morgan fingerprint density at radius 1 is 1.33 bits per heavy atom. The van der Waals surface area contributed by atoms with Crippen molar-refractivity contribution in [2.75, 3.05) is 5.75 Å². The van der Waals surface area contributed by atoms with Gasteiger partial charge in [0.25, 0.3) is 0 Å². The van der Waals surface area contributed by atoms with E-state index < -0.39 is 34.6 Å². The monoisotopic (exact) mass is 436 g/mol. The predicted molar refractivity (Wildman–Crippen MR) is 111 cm³/mol. The Hall–Kier alpha value is -2.13. The molecule has 0 bridgehead atoms. The third-order valence-electron chi connectivity index (χ3n) is 5.38. The van der Waals surface area contributed by atoms with Crippen LogP contribution in [0.5, 0.6) is 0 Å². The van der Waals surface area contributed by atoms with Crippen LogP contribution < -0.4 is 5.32 Å². The number of ether oxygens (including phenoxy) is 1. The number of carbonyl (C=O) groups excluding carboxylic acids is 1. The molecule has 2 unspecified atom stereocenters. The van der Waals surface area contributed by atoms with Gasteiger partial charge in [0.05, 0.1) is 17.1 Å². The molecule has 0 aliphatic carbocycles. The number of hydrogen-bond acceptors (Lipinski definition) is 5. The minimum atomic E-state index is -0.643. The third kappa shape index (κ3) is 4.62. The van der Waals surface area contributed by atoms with Crippen LogP contribution in [0.1, 0.15) is 49.3 Å². The average Bonchev–Trinajstić information content (AvgIpc) is 3.24. The normalized spacial score (nSPS) is 24.5. The van der Waals surface area contributed by atoms with E-state index in [1.807, 2.05) is 6.20 Å². The minimum Gasteiger partial charge on any atom is -0.444 e. The van der Waals surface area contributed by atoms with Crippen LogP contribution in [0.2, 0.25) is 0 Å². The molecular weight excluding hydrogens is 410 g/mol. The number of thioether (sulfide) groups is 1. The fourth-order valence-electron chi connectivity index (χ4n) is 4.05. The number of rotatable bonds is 3. The zero-order chi connectivity index (χ0) is 21.5. The van der Waals surface area contributed by atoms with Gasteiger partial charge in [0, 0.05) is 42.1 Å². The zero-order valence-electron chi connectivity index (χ0n) is 17.2. The van der Waals surface area contributed by atoms with Crippen LogP contribution in [-0.4, -0.2) is 44.6 Å². The molecule has 162 valence electrons. The molecule has 0 saturated carbocycles. The molecule has 0 radical (unpaired) electrons. The maximum Gasteiger partial charge on any atom is 0.407 e. The number of fused-ring (bicyclic) bond motifs is 1. The lowest BCUT2D eigenvalue weighted by atomic mass is 9.97.